The van der Waals surface area contributed by atoms with Gasteiger partial charge in [-0.2, -0.15) is 0 Å². The lowest BCUT2D eigenvalue weighted by Crippen LogP contribution is -2.43. The summed E-state index contributed by atoms with van der Waals surface area (Å²) in [5.74, 6) is 1.93. The monoisotopic (exact) mass is 1410 g/mol. The van der Waals surface area contributed by atoms with Crippen LogP contribution in [0.1, 0.15) is 322 Å². The fourth-order valence-electron chi connectivity index (χ4n) is 15.2. The van der Waals surface area contributed by atoms with Crippen molar-refractivity contribution in [3.05, 3.63) is 130 Å². The van der Waals surface area contributed by atoms with Crippen molar-refractivity contribution < 1.29 is 57.2 Å². The normalized spacial score (nSPS) is 15.1. The van der Waals surface area contributed by atoms with E-state index >= 15 is 0 Å². The molecule has 103 heavy (non-hydrogen) atoms. The van der Waals surface area contributed by atoms with E-state index in [0.717, 1.165) is 119 Å². The van der Waals surface area contributed by atoms with Gasteiger partial charge in [0.05, 0.1) is 31.1 Å². The predicted octanol–water partition coefficient (Wildman–Crippen LogP) is 21.9. The Labute approximate surface area is 614 Å². The summed E-state index contributed by atoms with van der Waals surface area (Å²) in [7, 11) is 1.51. The molecular weight excluding hydrogens is 1290 g/mol. The van der Waals surface area contributed by atoms with Gasteiger partial charge < -0.3 is 23.7 Å². The van der Waals surface area contributed by atoms with E-state index in [-0.39, 0.29) is 53.7 Å². The van der Waals surface area contributed by atoms with Crippen molar-refractivity contribution in [1.82, 2.24) is 14.7 Å². The van der Waals surface area contributed by atoms with Gasteiger partial charge in [0.25, 0.3) is 35.4 Å². The van der Waals surface area contributed by atoms with Gasteiger partial charge in [0.1, 0.15) is 23.0 Å². The van der Waals surface area contributed by atoms with Gasteiger partial charge in [0.2, 0.25) is 6.79 Å². The van der Waals surface area contributed by atoms with Gasteiger partial charge in [-0.1, -0.05) is 221 Å². The van der Waals surface area contributed by atoms with Crippen LogP contribution in [0.3, 0.4) is 0 Å². The van der Waals surface area contributed by atoms with Gasteiger partial charge in [-0.15, -0.1) is 0 Å². The molecule has 6 aromatic rings. The number of benzene rings is 6. The zero-order valence-electron chi connectivity index (χ0n) is 64.0. The highest BCUT2D eigenvalue weighted by Gasteiger charge is 2.39. The van der Waals surface area contributed by atoms with E-state index in [1.54, 1.807) is 31.2 Å². The van der Waals surface area contributed by atoms with Crippen LogP contribution in [0.2, 0.25) is 0 Å². The van der Waals surface area contributed by atoms with Gasteiger partial charge in [0, 0.05) is 74.7 Å². The maximum Gasteiger partial charge on any atom is 0.335 e. The Bertz CT molecular complexity index is 3770. The molecule has 6 aromatic carbocycles. The van der Waals surface area contributed by atoms with Gasteiger partial charge in [-0.3, -0.25) is 43.5 Å². The number of methoxy groups -OCH3 is 1. The molecule has 6 amide bonds. The molecule has 0 bridgehead atoms. The molecule has 1 aliphatic carbocycles. The number of ether oxygens (including phenoxy) is 5. The molecule has 558 valence electrons. The first-order valence-electron chi connectivity index (χ1n) is 39.6. The first-order chi connectivity index (χ1) is 50.0. The first-order valence-corrected chi connectivity index (χ1v) is 39.6. The molecule has 3 aliphatic heterocycles. The summed E-state index contributed by atoms with van der Waals surface area (Å²) in [6, 6.07) is 24.4. The first kappa shape index (κ1) is 80.6. The summed E-state index contributed by atoms with van der Waals surface area (Å²) in [6.45, 7) is 24.7. The summed E-state index contributed by atoms with van der Waals surface area (Å²) in [4.78, 5) is 96.9. The second kappa shape index (κ2) is 40.8. The van der Waals surface area contributed by atoms with E-state index in [9.17, 15) is 33.6 Å². The van der Waals surface area contributed by atoms with Crippen LogP contribution in [-0.2, 0) is 9.53 Å². The van der Waals surface area contributed by atoms with Gasteiger partial charge in [-0.05, 0) is 147 Å². The van der Waals surface area contributed by atoms with E-state index in [1.165, 1.54) is 111 Å². The Hall–Kier alpha value is -8.07. The molecule has 0 saturated heterocycles. The number of amides is 6. The minimum atomic E-state index is -0.570. The molecule has 3 atom stereocenters. The number of nitrogens with zero attached hydrogens (tertiary/aromatic N) is 3. The number of carbonyl (C=O) groups is 7. The largest absolute Gasteiger partial charge is 0.496 e. The predicted molar refractivity (Wildman–Crippen MR) is 414 cm³/mol. The van der Waals surface area contributed by atoms with Crippen molar-refractivity contribution in [2.45, 2.75) is 254 Å². The smallest absolute Gasteiger partial charge is 0.335 e. The number of imide groups is 3. The van der Waals surface area contributed by atoms with Crippen LogP contribution in [0.15, 0.2) is 91.0 Å². The maximum atomic E-state index is 13.8. The number of hydrogen-bond donors (Lipinski definition) is 0. The summed E-state index contributed by atoms with van der Waals surface area (Å²) in [6.07, 6.45) is 33.2. The standard InChI is InChI=1S/C36H55NO4.C26H31NO6.C26H33NO2/c1-5-9-12-14-16-18-25-40-31-23-21-29-33-30(36(39)37(35(29)38)27-28(8-4)20-11-7-3)22-24-32(34(31)33)41-26-19-17-15-13-10-6-2;1-6-8-9-17(7-2)14-27-24(28)18-10-12-20(31-5)23-21(32-15-33-26(30)16(3)4)13-11-19(22(18)23)25(27)29;1-3-5-10-18(4-2)17-27-25(28)22-14-9-13-21-20(19-11-7-6-8-12-19)15-16-23(24(21)22)26(27)29/h21-24,28H,5-20,25-27H2,1-4H3;10-13,17H,3,6-9,14-15H2,1-2,4-5H3;9,13-16,18-19H,3-8,10-12,17H2,1-2H3. The van der Waals surface area contributed by atoms with Crippen LogP contribution in [-0.4, -0.2) is 103 Å². The molecule has 1 saturated carbocycles. The van der Waals surface area contributed by atoms with E-state index < -0.39 is 5.97 Å². The third-order valence-electron chi connectivity index (χ3n) is 21.6. The van der Waals surface area contributed by atoms with Crippen LogP contribution in [0.5, 0.6) is 23.0 Å². The van der Waals surface area contributed by atoms with Gasteiger partial charge in [0.15, 0.2) is 0 Å². The number of hydrogen-bond acceptors (Lipinski definition) is 12. The molecule has 0 aromatic heterocycles. The van der Waals surface area contributed by atoms with E-state index in [1.807, 2.05) is 42.5 Å². The highest BCUT2D eigenvalue weighted by atomic mass is 16.7. The zero-order chi connectivity index (χ0) is 74.0. The van der Waals surface area contributed by atoms with E-state index in [4.69, 9.17) is 23.7 Å². The summed E-state index contributed by atoms with van der Waals surface area (Å²) < 4.78 is 28.9. The van der Waals surface area contributed by atoms with Crippen molar-refractivity contribution in [2.75, 3.05) is 46.8 Å². The third kappa shape index (κ3) is 20.1. The minimum absolute atomic E-state index is 0.108. The average Bonchev–Trinajstić information content (AvgIpc) is 0.751. The molecule has 1 fully saturated rings. The SMILES string of the molecule is C=C(C)C(=O)OCOc1ccc2c3c(ccc(OC)c13)C(=O)N(CC(CC)CCCC)C2=O.CCCCC(CC)CN1C(=O)c2cccc3c(C4CCCCC4)ccc(c23)C1=O.CCCCCCCCOc1ccc2c3c(ccc(OCCCCCCCC)c13)C(=O)N(CC(CC)CCCC)C2=O. The van der Waals surface area contributed by atoms with Crippen molar-refractivity contribution in [2.24, 2.45) is 17.8 Å². The van der Waals surface area contributed by atoms with Crippen molar-refractivity contribution in [3.63, 3.8) is 0 Å². The Balaban J connectivity index is 0.000000199. The molecule has 15 heteroatoms. The maximum absolute atomic E-state index is 13.8. The summed E-state index contributed by atoms with van der Waals surface area (Å²) in [5, 5.41) is 4.47. The zero-order valence-corrected chi connectivity index (χ0v) is 64.0. The van der Waals surface area contributed by atoms with Gasteiger partial charge >= 0.3 is 5.97 Å². The fraction of sp³-hybridized carbons (Fsp3) is 0.557. The van der Waals surface area contributed by atoms with Crippen LogP contribution in [0.4, 0.5) is 0 Å². The Kier molecular flexibility index (Phi) is 32.0. The Morgan fingerprint density at radius 1 is 0.417 bits per heavy atom. The molecule has 15 nitrogen and oxygen atoms in total. The lowest BCUT2D eigenvalue weighted by atomic mass is 9.80. The molecule has 3 heterocycles. The average molecular weight is 1410 g/mol. The highest BCUT2D eigenvalue weighted by molar-refractivity contribution is 6.29. The van der Waals surface area contributed by atoms with Crippen molar-refractivity contribution in [1.29, 1.82) is 0 Å². The van der Waals surface area contributed by atoms with Crippen molar-refractivity contribution >= 4 is 73.7 Å². The fourth-order valence-corrected chi connectivity index (χ4v) is 15.2. The quantitative estimate of drug-likeness (QED) is 0.0117. The summed E-state index contributed by atoms with van der Waals surface area (Å²) in [5.41, 5.74) is 5.02. The molecule has 3 unspecified atom stereocenters. The molecule has 0 N–H and O–H groups in total. The molecule has 10 rings (SSSR count). The highest BCUT2D eigenvalue weighted by Crippen LogP contribution is 2.45. The van der Waals surface area contributed by atoms with Crippen LogP contribution < -0.4 is 18.9 Å². The molecule has 4 aliphatic rings. The van der Waals surface area contributed by atoms with E-state index in [2.05, 4.69) is 74.1 Å². The number of unbranched alkanes of at least 4 members (excludes halogenated alkanes) is 13. The topological polar surface area (TPSA) is 175 Å². The third-order valence-corrected chi connectivity index (χ3v) is 21.6. The number of carbonyl (C=O) groups excluding carboxylic acids is 7. The Morgan fingerprint density at radius 2 is 0.777 bits per heavy atom. The lowest BCUT2D eigenvalue weighted by Gasteiger charge is -2.31. The number of rotatable bonds is 40. The Morgan fingerprint density at radius 3 is 1.17 bits per heavy atom. The molecule has 0 radical (unpaired) electrons. The van der Waals surface area contributed by atoms with Crippen LogP contribution in [0, 0.1) is 17.8 Å². The van der Waals surface area contributed by atoms with E-state index in [0.29, 0.717) is 123 Å². The molecular formula is C88H119N3O12. The van der Waals surface area contributed by atoms with Gasteiger partial charge in [-0.25, -0.2) is 4.79 Å². The second-order valence-electron chi connectivity index (χ2n) is 29.0. The van der Waals surface area contributed by atoms with Crippen LogP contribution in [0.25, 0.3) is 32.3 Å². The molecule has 0 spiro atoms. The summed E-state index contributed by atoms with van der Waals surface area (Å²) >= 11 is 0. The minimum Gasteiger partial charge on any atom is -0.496 e. The lowest BCUT2D eigenvalue weighted by molar-refractivity contribution is -0.145. The second-order valence-corrected chi connectivity index (χ2v) is 29.0. The van der Waals surface area contributed by atoms with Crippen LogP contribution >= 0.6 is 0 Å². The number of esters is 1. The van der Waals surface area contributed by atoms with Crippen molar-refractivity contribution in [3.8, 4) is 23.0 Å².